The lowest BCUT2D eigenvalue weighted by Gasteiger charge is -2.37. The van der Waals surface area contributed by atoms with E-state index in [9.17, 15) is 14.0 Å². The van der Waals surface area contributed by atoms with Crippen molar-refractivity contribution in [3.8, 4) is 0 Å². The van der Waals surface area contributed by atoms with Gasteiger partial charge in [-0.1, -0.05) is 38.8 Å². The van der Waals surface area contributed by atoms with Crippen LogP contribution in [0.4, 0.5) is 4.39 Å². The third kappa shape index (κ3) is 6.12. The van der Waals surface area contributed by atoms with Gasteiger partial charge in [-0.15, -0.1) is 11.3 Å². The molecular formula is C28H38FN3O2S. The number of halogens is 1. The van der Waals surface area contributed by atoms with Crippen molar-refractivity contribution in [3.05, 3.63) is 57.5 Å². The van der Waals surface area contributed by atoms with E-state index in [-0.39, 0.29) is 29.6 Å². The van der Waals surface area contributed by atoms with Crippen molar-refractivity contribution in [1.29, 1.82) is 0 Å². The van der Waals surface area contributed by atoms with E-state index in [2.05, 4.69) is 30.2 Å². The molecule has 0 aliphatic carbocycles. The molecule has 0 unspecified atom stereocenters. The Bertz CT molecular complexity index is 1010. The van der Waals surface area contributed by atoms with E-state index in [1.165, 1.54) is 16.5 Å². The summed E-state index contributed by atoms with van der Waals surface area (Å²) in [5.74, 6) is 0.190. The highest BCUT2D eigenvalue weighted by Gasteiger charge is 2.33. The van der Waals surface area contributed by atoms with Gasteiger partial charge in [-0.05, 0) is 60.4 Å². The lowest BCUT2D eigenvalue weighted by atomic mass is 9.93. The zero-order valence-corrected chi connectivity index (χ0v) is 21.9. The second-order valence-electron chi connectivity index (χ2n) is 9.78. The van der Waals surface area contributed by atoms with Crippen LogP contribution in [-0.4, -0.2) is 65.8 Å². The van der Waals surface area contributed by atoms with E-state index < -0.39 is 0 Å². The number of nitrogens with zero attached hydrogens (tertiary/aromatic N) is 3. The molecule has 2 aromatic rings. The maximum absolute atomic E-state index is 14.1. The Kier molecular flexibility index (Phi) is 8.95. The van der Waals surface area contributed by atoms with Crippen LogP contribution in [0.2, 0.25) is 0 Å². The third-order valence-electron chi connectivity index (χ3n) is 7.48. The number of unbranched alkanes of at least 4 members (excludes halogenated alkanes) is 1. The van der Waals surface area contributed by atoms with Gasteiger partial charge >= 0.3 is 0 Å². The van der Waals surface area contributed by atoms with Crippen LogP contribution in [-0.2, 0) is 16.0 Å². The Morgan fingerprint density at radius 1 is 1.09 bits per heavy atom. The molecule has 2 aliphatic rings. The van der Waals surface area contributed by atoms with Crippen molar-refractivity contribution >= 4 is 23.2 Å². The van der Waals surface area contributed by atoms with E-state index in [1.54, 1.807) is 23.5 Å². The van der Waals surface area contributed by atoms with Gasteiger partial charge in [0.2, 0.25) is 11.8 Å². The number of benzene rings is 1. The molecule has 1 fully saturated rings. The summed E-state index contributed by atoms with van der Waals surface area (Å²) < 4.78 is 14.1. The van der Waals surface area contributed by atoms with E-state index in [1.807, 2.05) is 15.9 Å². The van der Waals surface area contributed by atoms with Crippen molar-refractivity contribution in [2.45, 2.75) is 58.4 Å². The summed E-state index contributed by atoms with van der Waals surface area (Å²) in [5.41, 5.74) is 2.08. The summed E-state index contributed by atoms with van der Waals surface area (Å²) in [7, 11) is 0. The minimum Gasteiger partial charge on any atom is -0.341 e. The number of hydrogen-bond donors (Lipinski definition) is 0. The molecule has 1 aromatic heterocycles. The molecule has 0 bridgehead atoms. The number of fused-ring (bicyclic) bond motifs is 1. The second kappa shape index (κ2) is 12.1. The first-order chi connectivity index (χ1) is 17.0. The standard InChI is InChI=1S/C28H38FN3O2S/c1-3-5-8-21(4-2)28(34)31-14-7-13-30(16-17-31)26(33)20-32-15-11-25-24(12-18-35-25)27(32)22-9-6-10-23(29)19-22/h6,9-10,12,18-19,21,27H,3-5,7-8,11,13-17,20H2,1-2H3/t21-,27-/m0/s1. The largest absolute Gasteiger partial charge is 0.341 e. The van der Waals surface area contributed by atoms with Crippen LogP contribution in [0.5, 0.6) is 0 Å². The van der Waals surface area contributed by atoms with Crippen LogP contribution in [0.25, 0.3) is 0 Å². The maximum atomic E-state index is 14.1. The fourth-order valence-electron chi connectivity index (χ4n) is 5.48. The smallest absolute Gasteiger partial charge is 0.236 e. The van der Waals surface area contributed by atoms with Crippen molar-refractivity contribution in [3.63, 3.8) is 0 Å². The minimum atomic E-state index is -0.252. The molecule has 190 valence electrons. The van der Waals surface area contributed by atoms with Gasteiger partial charge in [0.05, 0.1) is 12.6 Å². The number of rotatable bonds is 8. The van der Waals surface area contributed by atoms with Crippen LogP contribution in [0.3, 0.4) is 0 Å². The number of carbonyl (C=O) groups is 2. The van der Waals surface area contributed by atoms with Gasteiger partial charge in [0.25, 0.3) is 0 Å². The molecule has 7 heteroatoms. The Hall–Kier alpha value is -2.25. The monoisotopic (exact) mass is 499 g/mol. The van der Waals surface area contributed by atoms with Gasteiger partial charge in [-0.25, -0.2) is 4.39 Å². The van der Waals surface area contributed by atoms with Crippen LogP contribution >= 0.6 is 11.3 Å². The molecule has 2 amide bonds. The molecule has 4 rings (SSSR count). The van der Waals surface area contributed by atoms with Crippen molar-refractivity contribution < 1.29 is 14.0 Å². The molecule has 1 saturated heterocycles. The highest BCUT2D eigenvalue weighted by atomic mass is 32.1. The highest BCUT2D eigenvalue weighted by Crippen LogP contribution is 2.37. The van der Waals surface area contributed by atoms with Gasteiger partial charge < -0.3 is 9.80 Å². The van der Waals surface area contributed by atoms with E-state index in [4.69, 9.17) is 0 Å². The molecule has 0 saturated carbocycles. The van der Waals surface area contributed by atoms with Crippen LogP contribution in [0.15, 0.2) is 35.7 Å². The van der Waals surface area contributed by atoms with Crippen molar-refractivity contribution in [1.82, 2.24) is 14.7 Å². The Balaban J connectivity index is 1.42. The number of amides is 2. The van der Waals surface area contributed by atoms with E-state index >= 15 is 0 Å². The molecule has 0 spiro atoms. The summed E-state index contributed by atoms with van der Waals surface area (Å²) in [4.78, 5) is 33.9. The molecule has 1 aromatic carbocycles. The summed E-state index contributed by atoms with van der Waals surface area (Å²) in [5, 5.41) is 2.09. The zero-order chi connectivity index (χ0) is 24.8. The van der Waals surface area contributed by atoms with Gasteiger partial charge in [0.1, 0.15) is 5.82 Å². The molecule has 0 radical (unpaired) electrons. The predicted octanol–water partition coefficient (Wildman–Crippen LogP) is 5.11. The second-order valence-corrected chi connectivity index (χ2v) is 10.8. The molecule has 2 atom stereocenters. The zero-order valence-electron chi connectivity index (χ0n) is 21.0. The number of thiophene rings is 1. The molecule has 5 nitrogen and oxygen atoms in total. The fraction of sp³-hybridized carbons (Fsp3) is 0.571. The minimum absolute atomic E-state index is 0.0948. The number of carbonyl (C=O) groups excluding carboxylic acids is 2. The summed E-state index contributed by atoms with van der Waals surface area (Å²) in [6.07, 6.45) is 5.72. The third-order valence-corrected chi connectivity index (χ3v) is 8.47. The first-order valence-electron chi connectivity index (χ1n) is 13.1. The SMILES string of the molecule is CCCC[C@H](CC)C(=O)N1CCCN(C(=O)CN2CCc3sccc3[C@@H]2c2cccc(F)c2)CC1. The van der Waals surface area contributed by atoms with Crippen LogP contribution in [0.1, 0.15) is 68.0 Å². The molecule has 0 N–H and O–H groups in total. The highest BCUT2D eigenvalue weighted by molar-refractivity contribution is 7.10. The molecule has 35 heavy (non-hydrogen) atoms. The first-order valence-corrected chi connectivity index (χ1v) is 14.0. The van der Waals surface area contributed by atoms with Crippen molar-refractivity contribution in [2.24, 2.45) is 5.92 Å². The molecule has 3 heterocycles. The quantitative estimate of drug-likeness (QED) is 0.507. The van der Waals surface area contributed by atoms with E-state index in [0.29, 0.717) is 26.2 Å². The lowest BCUT2D eigenvalue weighted by molar-refractivity contribution is -0.137. The molecular weight excluding hydrogens is 461 g/mol. The van der Waals surface area contributed by atoms with Crippen molar-refractivity contribution in [2.75, 3.05) is 39.3 Å². The maximum Gasteiger partial charge on any atom is 0.236 e. The van der Waals surface area contributed by atoms with Gasteiger partial charge in [0, 0.05) is 43.5 Å². The average molecular weight is 500 g/mol. The van der Waals surface area contributed by atoms with Crippen LogP contribution in [0, 0.1) is 11.7 Å². The van der Waals surface area contributed by atoms with E-state index in [0.717, 1.165) is 57.2 Å². The van der Waals surface area contributed by atoms with Gasteiger partial charge in [0.15, 0.2) is 0 Å². The Morgan fingerprint density at radius 3 is 2.66 bits per heavy atom. The summed E-state index contributed by atoms with van der Waals surface area (Å²) in [6.45, 7) is 7.92. The predicted molar refractivity (Wildman–Crippen MR) is 139 cm³/mol. The summed E-state index contributed by atoms with van der Waals surface area (Å²) >= 11 is 1.74. The summed E-state index contributed by atoms with van der Waals surface area (Å²) in [6, 6.07) is 8.76. The normalized spacial score (nSPS) is 19.8. The molecule has 2 aliphatic heterocycles. The van der Waals surface area contributed by atoms with Gasteiger partial charge in [-0.2, -0.15) is 0 Å². The van der Waals surface area contributed by atoms with Gasteiger partial charge in [-0.3, -0.25) is 14.5 Å². The average Bonchev–Trinajstić information content (AvgIpc) is 3.19. The first kappa shape index (κ1) is 25.8. The Labute approximate surface area is 212 Å². The van der Waals surface area contributed by atoms with Crippen LogP contribution < -0.4 is 0 Å². The fourth-order valence-corrected chi connectivity index (χ4v) is 6.38. The number of hydrogen-bond acceptors (Lipinski definition) is 4. The topological polar surface area (TPSA) is 43.9 Å². The Morgan fingerprint density at radius 2 is 1.89 bits per heavy atom. The lowest BCUT2D eigenvalue weighted by Crippen LogP contribution is -2.45.